The molecule has 2 aliphatic rings. The van der Waals surface area contributed by atoms with Gasteiger partial charge in [-0.25, -0.2) is 0 Å². The van der Waals surface area contributed by atoms with E-state index >= 15 is 0 Å². The maximum absolute atomic E-state index is 12.9. The molecule has 7 nitrogen and oxygen atoms in total. The third-order valence-electron chi connectivity index (χ3n) is 6.55. The molecule has 0 radical (unpaired) electrons. The van der Waals surface area contributed by atoms with Crippen molar-refractivity contribution in [2.45, 2.75) is 79.2 Å². The molecule has 2 fully saturated rings. The average molecular weight is 447 g/mol. The van der Waals surface area contributed by atoms with E-state index in [2.05, 4.69) is 5.32 Å². The van der Waals surface area contributed by atoms with Crippen LogP contribution in [0.25, 0.3) is 0 Å². The molecule has 1 unspecified atom stereocenters. The summed E-state index contributed by atoms with van der Waals surface area (Å²) in [6.45, 7) is 14.7. The van der Waals surface area contributed by atoms with Crippen molar-refractivity contribution in [2.24, 2.45) is 11.3 Å². The highest BCUT2D eigenvalue weighted by Crippen LogP contribution is 2.37. The van der Waals surface area contributed by atoms with Crippen LogP contribution in [0.1, 0.15) is 70.2 Å². The summed E-state index contributed by atoms with van der Waals surface area (Å²) in [4.78, 5) is 27.6. The molecular weight excluding hydrogens is 408 g/mol. The lowest BCUT2D eigenvalue weighted by molar-refractivity contribution is -0.161. The van der Waals surface area contributed by atoms with Crippen LogP contribution in [0.5, 0.6) is 5.75 Å². The van der Waals surface area contributed by atoms with Crippen molar-refractivity contribution in [1.29, 1.82) is 0 Å². The number of nitrogens with one attached hydrogen (secondary N) is 1. The molecular formula is C25H38N2O5. The summed E-state index contributed by atoms with van der Waals surface area (Å²) in [5.41, 5.74) is 2.28. The molecule has 1 aromatic carbocycles. The fourth-order valence-corrected chi connectivity index (χ4v) is 4.35. The number of hydrogen-bond donors (Lipinski definition) is 2. The van der Waals surface area contributed by atoms with E-state index < -0.39 is 17.3 Å². The summed E-state index contributed by atoms with van der Waals surface area (Å²) >= 11 is 0. The van der Waals surface area contributed by atoms with Gasteiger partial charge >= 0.3 is 0 Å². The minimum atomic E-state index is -0.734. The lowest BCUT2D eigenvalue weighted by atomic mass is 9.83. The van der Waals surface area contributed by atoms with E-state index in [1.54, 1.807) is 6.07 Å². The molecule has 0 aliphatic carbocycles. The molecule has 3 rings (SSSR count). The molecule has 0 spiro atoms. The molecule has 7 heteroatoms. The highest BCUT2D eigenvalue weighted by atomic mass is 16.7. The normalized spacial score (nSPS) is 22.6. The van der Waals surface area contributed by atoms with Crippen molar-refractivity contribution in [3.8, 4) is 5.75 Å². The second-order valence-electron chi connectivity index (χ2n) is 10.7. The molecule has 2 atom stereocenters. The Balaban J connectivity index is 1.76. The third-order valence-corrected chi connectivity index (χ3v) is 6.55. The van der Waals surface area contributed by atoms with Gasteiger partial charge in [-0.15, -0.1) is 0 Å². The smallest absolute Gasteiger partial charge is 0.254 e. The molecule has 0 bridgehead atoms. The minimum absolute atomic E-state index is 0.0432. The summed E-state index contributed by atoms with van der Waals surface area (Å²) in [6, 6.07) is 3.42. The van der Waals surface area contributed by atoms with Gasteiger partial charge < -0.3 is 24.8 Å². The summed E-state index contributed by atoms with van der Waals surface area (Å²) in [7, 11) is 0. The van der Waals surface area contributed by atoms with E-state index in [9.17, 15) is 14.7 Å². The largest absolute Gasteiger partial charge is 0.508 e. The first kappa shape index (κ1) is 24.5. The highest BCUT2D eigenvalue weighted by molar-refractivity contribution is 5.82. The lowest BCUT2D eigenvalue weighted by Crippen LogP contribution is -2.48. The lowest BCUT2D eigenvalue weighted by Gasteiger charge is -2.38. The van der Waals surface area contributed by atoms with Crippen LogP contribution in [0.3, 0.4) is 0 Å². The topological polar surface area (TPSA) is 88.1 Å². The molecule has 1 aromatic rings. The van der Waals surface area contributed by atoms with Crippen LogP contribution in [0, 0.1) is 25.2 Å². The van der Waals surface area contributed by atoms with Gasteiger partial charge in [0.05, 0.1) is 12.6 Å². The first-order chi connectivity index (χ1) is 14.8. The second-order valence-corrected chi connectivity index (χ2v) is 10.7. The number of rotatable bonds is 4. The van der Waals surface area contributed by atoms with Gasteiger partial charge in [-0.1, -0.05) is 26.8 Å². The number of benzene rings is 1. The molecule has 0 aromatic heterocycles. The summed E-state index contributed by atoms with van der Waals surface area (Å²) in [6.07, 6.45) is 0.885. The van der Waals surface area contributed by atoms with E-state index in [0.29, 0.717) is 13.1 Å². The van der Waals surface area contributed by atoms with Crippen LogP contribution in [0.4, 0.5) is 0 Å². The van der Waals surface area contributed by atoms with Gasteiger partial charge in [-0.3, -0.25) is 9.59 Å². The Hall–Kier alpha value is -2.12. The number of carbonyl (C=O) groups is 2. The van der Waals surface area contributed by atoms with Gasteiger partial charge in [0.2, 0.25) is 5.91 Å². The Kier molecular flexibility index (Phi) is 6.91. The molecule has 2 saturated heterocycles. The van der Waals surface area contributed by atoms with Crippen LogP contribution in [-0.2, 0) is 19.1 Å². The molecule has 2 N–H and O–H groups in total. The number of amides is 2. The van der Waals surface area contributed by atoms with Crippen LogP contribution >= 0.6 is 0 Å². The van der Waals surface area contributed by atoms with Crippen molar-refractivity contribution in [3.63, 3.8) is 0 Å². The number of nitrogens with zero attached hydrogens (tertiary/aromatic N) is 1. The zero-order valence-electron chi connectivity index (χ0n) is 20.4. The van der Waals surface area contributed by atoms with Crippen molar-refractivity contribution in [3.05, 3.63) is 28.8 Å². The Bertz CT molecular complexity index is 866. The number of aryl methyl sites for hydroxylation is 2. The monoisotopic (exact) mass is 446 g/mol. The predicted octanol–water partition coefficient (Wildman–Crippen LogP) is 3.60. The summed E-state index contributed by atoms with van der Waals surface area (Å²) in [5.74, 6) is -0.530. The Morgan fingerprint density at radius 1 is 1.16 bits per heavy atom. The first-order valence-corrected chi connectivity index (χ1v) is 11.5. The Morgan fingerprint density at radius 3 is 2.28 bits per heavy atom. The van der Waals surface area contributed by atoms with E-state index in [1.807, 2.05) is 59.4 Å². The van der Waals surface area contributed by atoms with Crippen molar-refractivity contribution >= 4 is 11.8 Å². The van der Waals surface area contributed by atoms with E-state index in [1.165, 1.54) is 0 Å². The number of likely N-dealkylation sites (tertiary alicyclic amines) is 1. The number of phenols is 1. The van der Waals surface area contributed by atoms with Crippen molar-refractivity contribution in [2.75, 3.05) is 19.7 Å². The quantitative estimate of drug-likeness (QED) is 0.738. The molecule has 2 heterocycles. The maximum Gasteiger partial charge on any atom is 0.254 e. The fourth-order valence-electron chi connectivity index (χ4n) is 4.35. The minimum Gasteiger partial charge on any atom is -0.508 e. The SMILES string of the molecule is Cc1cc(O)c(C(NC(=O)C(C)(C)C)C2CCN(C(=O)[C@H]3COC(C)(C)O3)CC2)cc1C. The van der Waals surface area contributed by atoms with E-state index in [4.69, 9.17) is 9.47 Å². The second kappa shape index (κ2) is 9.02. The molecule has 0 saturated carbocycles. The Labute approximate surface area is 191 Å². The van der Waals surface area contributed by atoms with Gasteiger partial charge in [0.15, 0.2) is 11.9 Å². The van der Waals surface area contributed by atoms with Crippen LogP contribution < -0.4 is 5.32 Å². The molecule has 2 aliphatic heterocycles. The summed E-state index contributed by atoms with van der Waals surface area (Å²) in [5, 5.41) is 13.9. The number of carbonyl (C=O) groups excluding carboxylic acids is 2. The van der Waals surface area contributed by atoms with Gasteiger partial charge in [0, 0.05) is 24.1 Å². The van der Waals surface area contributed by atoms with Gasteiger partial charge in [0.1, 0.15) is 5.75 Å². The van der Waals surface area contributed by atoms with Crippen LogP contribution in [0.15, 0.2) is 12.1 Å². The molecule has 178 valence electrons. The van der Waals surface area contributed by atoms with Gasteiger partial charge in [0.25, 0.3) is 5.91 Å². The van der Waals surface area contributed by atoms with E-state index in [-0.39, 0.29) is 36.1 Å². The van der Waals surface area contributed by atoms with Gasteiger partial charge in [-0.2, -0.15) is 0 Å². The first-order valence-electron chi connectivity index (χ1n) is 11.5. The number of phenolic OH excluding ortho intramolecular Hbond substituents is 1. The zero-order valence-corrected chi connectivity index (χ0v) is 20.4. The predicted molar refractivity (Wildman–Crippen MR) is 122 cm³/mol. The van der Waals surface area contributed by atoms with Gasteiger partial charge in [-0.05, 0) is 63.6 Å². The van der Waals surface area contributed by atoms with Crippen molar-refractivity contribution in [1.82, 2.24) is 10.2 Å². The van der Waals surface area contributed by atoms with E-state index in [0.717, 1.165) is 29.5 Å². The maximum atomic E-state index is 12.9. The summed E-state index contributed by atoms with van der Waals surface area (Å²) < 4.78 is 11.3. The molecule has 2 amide bonds. The zero-order chi connectivity index (χ0) is 23.8. The van der Waals surface area contributed by atoms with Crippen molar-refractivity contribution < 1.29 is 24.2 Å². The molecule has 32 heavy (non-hydrogen) atoms. The average Bonchev–Trinajstić information content (AvgIpc) is 3.07. The number of hydrogen-bond acceptors (Lipinski definition) is 5. The third kappa shape index (κ3) is 5.44. The van der Waals surface area contributed by atoms with Crippen LogP contribution in [-0.4, -0.2) is 53.4 Å². The number of ether oxygens (including phenoxy) is 2. The number of piperidine rings is 1. The number of aromatic hydroxyl groups is 1. The Morgan fingerprint density at radius 2 is 1.75 bits per heavy atom. The fraction of sp³-hybridized carbons (Fsp3) is 0.680. The van der Waals surface area contributed by atoms with Crippen LogP contribution in [0.2, 0.25) is 0 Å². The standard InChI is InChI=1S/C25H38N2O5/c1-15-12-18(19(28)13-16(15)2)21(26-23(30)24(3,4)5)17-8-10-27(11-9-17)22(29)20-14-31-25(6,7)32-20/h12-13,17,20-21,28H,8-11,14H2,1-7H3,(H,26,30)/t20-,21?/m1/s1. The highest BCUT2D eigenvalue weighted by Gasteiger charge is 2.41.